The van der Waals surface area contributed by atoms with Gasteiger partial charge in [0.1, 0.15) is 23.1 Å². The van der Waals surface area contributed by atoms with Crippen LogP contribution in [0.2, 0.25) is 0 Å². The molecule has 2 aromatic carbocycles. The quantitative estimate of drug-likeness (QED) is 0.336. The summed E-state index contributed by atoms with van der Waals surface area (Å²) in [6, 6.07) is 12.0. The number of anilines is 1. The lowest BCUT2D eigenvalue weighted by Gasteiger charge is -2.20. The van der Waals surface area contributed by atoms with E-state index in [9.17, 15) is 9.18 Å². The molecule has 0 atom stereocenters. The number of hydrogen-bond donors (Lipinski definition) is 1. The van der Waals surface area contributed by atoms with Crippen molar-refractivity contribution in [3.63, 3.8) is 0 Å². The molecule has 6 rings (SSSR count). The first kappa shape index (κ1) is 24.1. The molecule has 0 saturated carbocycles. The van der Waals surface area contributed by atoms with Crippen molar-refractivity contribution in [1.82, 2.24) is 18.9 Å². The minimum atomic E-state index is -0.365. The molecule has 1 amide bonds. The molecule has 9 heteroatoms. The number of methoxy groups -OCH3 is 1. The third-order valence-corrected chi connectivity index (χ3v) is 7.34. The lowest BCUT2D eigenvalue weighted by molar-refractivity contribution is 0.0835. The number of rotatable bonds is 5. The molecule has 0 aliphatic carbocycles. The van der Waals surface area contributed by atoms with Gasteiger partial charge in [-0.3, -0.25) is 14.2 Å². The first-order chi connectivity index (χ1) is 18.5. The molecule has 0 spiro atoms. The Kier molecular flexibility index (Phi) is 6.07. The molecule has 0 unspecified atom stereocenters. The monoisotopic (exact) mass is 513 g/mol. The number of aromatic nitrogens is 4. The van der Waals surface area contributed by atoms with E-state index >= 15 is 0 Å². The fraction of sp³-hybridized carbons (Fsp3) is 0.276. The predicted molar refractivity (Wildman–Crippen MR) is 143 cm³/mol. The Morgan fingerprint density at radius 1 is 1.18 bits per heavy atom. The summed E-state index contributed by atoms with van der Waals surface area (Å²) in [6.07, 6.45) is 5.61. The number of imidazole rings is 1. The Hall–Kier alpha value is -4.24. The lowest BCUT2D eigenvalue weighted by atomic mass is 9.99. The van der Waals surface area contributed by atoms with Crippen LogP contribution in [0.4, 0.5) is 10.1 Å². The molecular weight excluding hydrogens is 485 g/mol. The summed E-state index contributed by atoms with van der Waals surface area (Å²) >= 11 is 0. The van der Waals surface area contributed by atoms with Crippen molar-refractivity contribution in [3.05, 3.63) is 77.9 Å². The number of ether oxygens (including phenoxy) is 2. The van der Waals surface area contributed by atoms with Gasteiger partial charge in [0.2, 0.25) is 0 Å². The van der Waals surface area contributed by atoms with Gasteiger partial charge in [0.05, 0.1) is 35.2 Å². The van der Waals surface area contributed by atoms with E-state index in [1.54, 1.807) is 49.2 Å². The van der Waals surface area contributed by atoms with Crippen LogP contribution in [0.15, 0.2) is 54.9 Å². The van der Waals surface area contributed by atoms with Gasteiger partial charge < -0.3 is 19.4 Å². The minimum absolute atomic E-state index is 0.304. The van der Waals surface area contributed by atoms with E-state index in [4.69, 9.17) is 14.5 Å². The smallest absolute Gasteiger partial charge is 0.272 e. The number of amides is 1. The zero-order valence-electron chi connectivity index (χ0n) is 21.5. The Morgan fingerprint density at radius 3 is 2.76 bits per heavy atom. The molecule has 8 nitrogen and oxygen atoms in total. The van der Waals surface area contributed by atoms with Gasteiger partial charge in [-0.1, -0.05) is 12.1 Å². The van der Waals surface area contributed by atoms with Crippen LogP contribution < -0.4 is 10.1 Å². The molecule has 1 saturated heterocycles. The summed E-state index contributed by atoms with van der Waals surface area (Å²) in [6.45, 7) is 3.43. The van der Waals surface area contributed by atoms with Gasteiger partial charge in [-0.2, -0.15) is 0 Å². The zero-order chi connectivity index (χ0) is 26.4. The number of aryl methyl sites for hydroxylation is 2. The Morgan fingerprint density at radius 2 is 2.00 bits per heavy atom. The normalized spacial score (nSPS) is 14.3. The van der Waals surface area contributed by atoms with Crippen molar-refractivity contribution in [3.8, 4) is 17.0 Å². The molecule has 4 heterocycles. The van der Waals surface area contributed by atoms with E-state index in [2.05, 4.69) is 14.7 Å². The number of hydrogen-bond acceptors (Lipinski definition) is 5. The average molecular weight is 514 g/mol. The van der Waals surface area contributed by atoms with Crippen LogP contribution in [-0.2, 0) is 11.8 Å². The molecule has 38 heavy (non-hydrogen) atoms. The number of carbonyl (C=O) groups is 1. The van der Waals surface area contributed by atoms with Gasteiger partial charge >= 0.3 is 0 Å². The van der Waals surface area contributed by atoms with Gasteiger partial charge in [-0.05, 0) is 50.1 Å². The van der Waals surface area contributed by atoms with Crippen LogP contribution in [0.25, 0.3) is 27.7 Å². The van der Waals surface area contributed by atoms with Gasteiger partial charge in [0.15, 0.2) is 0 Å². The van der Waals surface area contributed by atoms with Gasteiger partial charge in [0.25, 0.3) is 5.91 Å². The summed E-state index contributed by atoms with van der Waals surface area (Å²) in [5.41, 5.74) is 5.01. The Labute approximate surface area is 219 Å². The number of fused-ring (bicyclic) bond motifs is 2. The maximum Gasteiger partial charge on any atom is 0.272 e. The molecule has 0 bridgehead atoms. The third kappa shape index (κ3) is 3.99. The summed E-state index contributed by atoms with van der Waals surface area (Å²) in [5, 5.41) is 3.33. The molecule has 1 aliphatic rings. The van der Waals surface area contributed by atoms with Crippen LogP contribution in [0.3, 0.4) is 0 Å². The number of benzene rings is 2. The molecule has 1 N–H and O–H groups in total. The maximum atomic E-state index is 14.3. The van der Waals surface area contributed by atoms with E-state index < -0.39 is 0 Å². The van der Waals surface area contributed by atoms with Gasteiger partial charge in [0, 0.05) is 49.5 Å². The SMILES string of the molecule is COc1cc(-c2nc(C3CCOCC3)n3ccnc(C)c23)ccc1NC(=O)c1cc2c(F)cccc2n1C. The average Bonchev–Trinajstić information content (AvgIpc) is 3.50. The fourth-order valence-corrected chi connectivity index (χ4v) is 5.33. The van der Waals surface area contributed by atoms with Crippen LogP contribution in [0.1, 0.15) is 40.8 Å². The highest BCUT2D eigenvalue weighted by Crippen LogP contribution is 2.36. The summed E-state index contributed by atoms with van der Waals surface area (Å²) in [4.78, 5) is 22.8. The molecule has 1 aliphatic heterocycles. The Balaban J connectivity index is 1.37. The standard InChI is InChI=1S/C29H28FN5O3/c1-17-27-26(33-28(35(27)12-11-31-17)18-9-13-38-14-10-18)19-7-8-22(25(15-19)37-3)32-29(36)24-16-20-21(30)5-4-6-23(20)34(24)2/h4-8,11-12,15-16,18H,9-10,13-14H2,1-3H3,(H,32,36). The van der Waals surface area contributed by atoms with Crippen LogP contribution in [0.5, 0.6) is 5.75 Å². The maximum absolute atomic E-state index is 14.3. The molecule has 3 aromatic heterocycles. The van der Waals surface area contributed by atoms with Crippen LogP contribution in [-0.4, -0.2) is 45.2 Å². The number of carbonyl (C=O) groups excluding carboxylic acids is 1. The van der Waals surface area contributed by atoms with E-state index in [1.807, 2.05) is 25.3 Å². The first-order valence-corrected chi connectivity index (χ1v) is 12.6. The number of halogens is 1. The zero-order valence-corrected chi connectivity index (χ0v) is 21.5. The minimum Gasteiger partial charge on any atom is -0.495 e. The highest BCUT2D eigenvalue weighted by molar-refractivity contribution is 6.07. The van der Waals surface area contributed by atoms with Crippen molar-refractivity contribution < 1.29 is 18.7 Å². The number of nitrogens with zero attached hydrogens (tertiary/aromatic N) is 4. The molecule has 0 radical (unpaired) electrons. The van der Waals surface area contributed by atoms with E-state index in [0.717, 1.165) is 54.3 Å². The van der Waals surface area contributed by atoms with Crippen LogP contribution in [0, 0.1) is 12.7 Å². The molecule has 5 aromatic rings. The van der Waals surface area contributed by atoms with E-state index in [-0.39, 0.29) is 11.7 Å². The third-order valence-electron chi connectivity index (χ3n) is 7.34. The first-order valence-electron chi connectivity index (χ1n) is 12.6. The van der Waals surface area contributed by atoms with Crippen molar-refractivity contribution >= 4 is 28.0 Å². The second-order valence-corrected chi connectivity index (χ2v) is 9.57. The lowest BCUT2D eigenvalue weighted by Crippen LogP contribution is -2.16. The fourth-order valence-electron chi connectivity index (χ4n) is 5.33. The second-order valence-electron chi connectivity index (χ2n) is 9.57. The van der Waals surface area contributed by atoms with Crippen molar-refractivity contribution in [1.29, 1.82) is 0 Å². The molecule has 194 valence electrons. The molecular formula is C29H28FN5O3. The van der Waals surface area contributed by atoms with Crippen molar-refractivity contribution in [2.75, 3.05) is 25.6 Å². The van der Waals surface area contributed by atoms with Crippen LogP contribution >= 0.6 is 0 Å². The van der Waals surface area contributed by atoms with E-state index in [0.29, 0.717) is 34.0 Å². The Bertz CT molecular complexity index is 1680. The second kappa shape index (κ2) is 9.57. The predicted octanol–water partition coefficient (Wildman–Crippen LogP) is 5.49. The summed E-state index contributed by atoms with van der Waals surface area (Å²) < 4.78 is 29.3. The summed E-state index contributed by atoms with van der Waals surface area (Å²) in [5.74, 6) is 1.08. The highest BCUT2D eigenvalue weighted by atomic mass is 19.1. The van der Waals surface area contributed by atoms with Crippen molar-refractivity contribution in [2.24, 2.45) is 7.05 Å². The number of nitrogens with one attached hydrogen (secondary N) is 1. The summed E-state index contributed by atoms with van der Waals surface area (Å²) in [7, 11) is 3.31. The largest absolute Gasteiger partial charge is 0.495 e. The van der Waals surface area contributed by atoms with E-state index in [1.165, 1.54) is 6.07 Å². The topological polar surface area (TPSA) is 82.7 Å². The molecule has 1 fully saturated rings. The van der Waals surface area contributed by atoms with Gasteiger partial charge in [-0.15, -0.1) is 0 Å². The highest BCUT2D eigenvalue weighted by Gasteiger charge is 2.25. The van der Waals surface area contributed by atoms with Gasteiger partial charge in [-0.25, -0.2) is 9.37 Å². The van der Waals surface area contributed by atoms with Crippen molar-refractivity contribution in [2.45, 2.75) is 25.7 Å².